The second-order valence-corrected chi connectivity index (χ2v) is 6.55. The minimum atomic E-state index is -0.109. The zero-order valence-corrected chi connectivity index (χ0v) is 19.3. The lowest BCUT2D eigenvalue weighted by Crippen LogP contribution is -2.46. The first kappa shape index (κ1) is 23.7. The Morgan fingerprint density at radius 2 is 1.96 bits per heavy atom. The standard InChI is InChI=1S/C18H31N5O3.HI/c1-13-16(14(2)23(21-13)10-11-25-4)12-20-18(19-3)22-8-6-15(7-9-22)17(24)26-5;/h15H,6-12H2,1-5H3,(H,19,20);1H. The van der Waals surface area contributed by atoms with E-state index in [9.17, 15) is 4.79 Å². The molecule has 0 amide bonds. The van der Waals surface area contributed by atoms with Crippen molar-refractivity contribution in [1.29, 1.82) is 0 Å². The molecule has 2 rings (SSSR count). The van der Waals surface area contributed by atoms with Crippen LogP contribution in [0.1, 0.15) is 29.8 Å². The Morgan fingerprint density at radius 3 is 2.52 bits per heavy atom. The van der Waals surface area contributed by atoms with Gasteiger partial charge >= 0.3 is 5.97 Å². The molecule has 0 bridgehead atoms. The number of carbonyl (C=O) groups is 1. The number of aromatic nitrogens is 2. The van der Waals surface area contributed by atoms with Gasteiger partial charge in [0, 0.05) is 45.0 Å². The molecular weight excluding hydrogens is 461 g/mol. The van der Waals surface area contributed by atoms with Gasteiger partial charge in [-0.25, -0.2) is 0 Å². The van der Waals surface area contributed by atoms with Gasteiger partial charge in [-0.2, -0.15) is 5.10 Å². The fourth-order valence-electron chi connectivity index (χ4n) is 3.38. The van der Waals surface area contributed by atoms with Crippen molar-refractivity contribution in [2.45, 2.75) is 39.8 Å². The minimum Gasteiger partial charge on any atom is -0.469 e. The highest BCUT2D eigenvalue weighted by atomic mass is 127. The number of ether oxygens (including phenoxy) is 2. The number of piperidine rings is 1. The van der Waals surface area contributed by atoms with Crippen molar-refractivity contribution < 1.29 is 14.3 Å². The highest BCUT2D eigenvalue weighted by Gasteiger charge is 2.27. The molecule has 154 valence electrons. The highest BCUT2D eigenvalue weighted by Crippen LogP contribution is 2.19. The van der Waals surface area contributed by atoms with Crippen LogP contribution in [0, 0.1) is 19.8 Å². The summed E-state index contributed by atoms with van der Waals surface area (Å²) in [5.74, 6) is 0.747. The van der Waals surface area contributed by atoms with Crippen LogP contribution >= 0.6 is 24.0 Å². The Balaban J connectivity index is 0.00000364. The molecule has 1 aromatic rings. The number of nitrogens with zero attached hydrogens (tertiary/aromatic N) is 4. The quantitative estimate of drug-likeness (QED) is 0.282. The van der Waals surface area contributed by atoms with Gasteiger partial charge in [-0.05, 0) is 26.7 Å². The molecule has 0 saturated carbocycles. The molecule has 0 spiro atoms. The van der Waals surface area contributed by atoms with E-state index in [1.807, 2.05) is 11.6 Å². The van der Waals surface area contributed by atoms with Crippen LogP contribution in [0.3, 0.4) is 0 Å². The molecule has 1 aromatic heterocycles. The maximum atomic E-state index is 11.7. The van der Waals surface area contributed by atoms with Gasteiger partial charge in [-0.3, -0.25) is 14.5 Å². The smallest absolute Gasteiger partial charge is 0.308 e. The summed E-state index contributed by atoms with van der Waals surface area (Å²) in [6.07, 6.45) is 1.58. The van der Waals surface area contributed by atoms with E-state index in [4.69, 9.17) is 9.47 Å². The van der Waals surface area contributed by atoms with E-state index in [1.165, 1.54) is 12.7 Å². The molecule has 1 aliphatic rings. The largest absolute Gasteiger partial charge is 0.469 e. The van der Waals surface area contributed by atoms with Crippen LogP contribution in [-0.2, 0) is 27.4 Å². The molecular formula is C18H32IN5O3. The monoisotopic (exact) mass is 493 g/mol. The van der Waals surface area contributed by atoms with E-state index in [0.717, 1.165) is 49.8 Å². The van der Waals surface area contributed by atoms with Gasteiger partial charge in [-0.1, -0.05) is 0 Å². The Hall–Kier alpha value is -1.36. The first-order chi connectivity index (χ1) is 12.5. The Kier molecular flexibility index (Phi) is 10.1. The molecule has 1 aliphatic heterocycles. The van der Waals surface area contributed by atoms with Crippen molar-refractivity contribution >= 4 is 35.9 Å². The van der Waals surface area contributed by atoms with Crippen LogP contribution in [0.25, 0.3) is 0 Å². The van der Waals surface area contributed by atoms with Crippen molar-refractivity contribution in [3.8, 4) is 0 Å². The Bertz CT molecular complexity index is 639. The number of hydrogen-bond acceptors (Lipinski definition) is 5. The number of aryl methyl sites for hydroxylation is 1. The van der Waals surface area contributed by atoms with E-state index >= 15 is 0 Å². The number of esters is 1. The lowest BCUT2D eigenvalue weighted by atomic mass is 9.97. The third kappa shape index (κ3) is 6.06. The second-order valence-electron chi connectivity index (χ2n) is 6.55. The second kappa shape index (κ2) is 11.5. The predicted molar refractivity (Wildman–Crippen MR) is 116 cm³/mol. The normalized spacial score (nSPS) is 15.4. The summed E-state index contributed by atoms with van der Waals surface area (Å²) < 4.78 is 12.0. The van der Waals surface area contributed by atoms with Crippen LogP contribution in [0.15, 0.2) is 4.99 Å². The Morgan fingerprint density at radius 1 is 1.30 bits per heavy atom. The lowest BCUT2D eigenvalue weighted by molar-refractivity contribution is -0.146. The molecule has 0 radical (unpaired) electrons. The van der Waals surface area contributed by atoms with Crippen LogP contribution in [0.2, 0.25) is 0 Å². The number of hydrogen-bond donors (Lipinski definition) is 1. The van der Waals surface area contributed by atoms with Crippen molar-refractivity contribution in [1.82, 2.24) is 20.0 Å². The number of guanidine groups is 1. The first-order valence-corrected chi connectivity index (χ1v) is 9.07. The van der Waals surface area contributed by atoms with E-state index in [-0.39, 0.29) is 35.9 Å². The summed E-state index contributed by atoms with van der Waals surface area (Å²) in [7, 11) is 4.94. The summed E-state index contributed by atoms with van der Waals surface area (Å²) >= 11 is 0. The average molecular weight is 493 g/mol. The summed E-state index contributed by atoms with van der Waals surface area (Å²) in [6.45, 7) is 7.77. The zero-order valence-electron chi connectivity index (χ0n) is 16.9. The van der Waals surface area contributed by atoms with Crippen molar-refractivity contribution in [3.63, 3.8) is 0 Å². The zero-order chi connectivity index (χ0) is 19.1. The predicted octanol–water partition coefficient (Wildman–Crippen LogP) is 1.72. The number of methoxy groups -OCH3 is 2. The molecule has 0 atom stereocenters. The molecule has 1 fully saturated rings. The number of aliphatic imine (C=N–C) groups is 1. The van der Waals surface area contributed by atoms with E-state index in [1.54, 1.807) is 14.2 Å². The van der Waals surface area contributed by atoms with Gasteiger partial charge in [0.15, 0.2) is 5.96 Å². The van der Waals surface area contributed by atoms with Gasteiger partial charge < -0.3 is 19.7 Å². The molecule has 0 aromatic carbocycles. The first-order valence-electron chi connectivity index (χ1n) is 9.07. The lowest BCUT2D eigenvalue weighted by Gasteiger charge is -2.33. The van der Waals surface area contributed by atoms with Crippen molar-refractivity contribution in [2.75, 3.05) is 41.0 Å². The van der Waals surface area contributed by atoms with E-state index < -0.39 is 0 Å². The molecule has 9 heteroatoms. The molecule has 1 N–H and O–H groups in total. The molecule has 2 heterocycles. The van der Waals surface area contributed by atoms with E-state index in [0.29, 0.717) is 13.2 Å². The summed E-state index contributed by atoms with van der Waals surface area (Å²) in [4.78, 5) is 18.3. The van der Waals surface area contributed by atoms with Crippen LogP contribution < -0.4 is 5.32 Å². The average Bonchev–Trinajstić information content (AvgIpc) is 2.93. The fraction of sp³-hybridized carbons (Fsp3) is 0.722. The highest BCUT2D eigenvalue weighted by molar-refractivity contribution is 14.0. The summed E-state index contributed by atoms with van der Waals surface area (Å²) in [5.41, 5.74) is 3.35. The van der Waals surface area contributed by atoms with Crippen LogP contribution in [-0.4, -0.2) is 67.6 Å². The molecule has 1 saturated heterocycles. The maximum absolute atomic E-state index is 11.7. The molecule has 0 aliphatic carbocycles. The number of likely N-dealkylation sites (tertiary alicyclic amines) is 1. The van der Waals surface area contributed by atoms with Crippen LogP contribution in [0.5, 0.6) is 0 Å². The third-order valence-electron chi connectivity index (χ3n) is 5.00. The van der Waals surface area contributed by atoms with Crippen molar-refractivity contribution in [2.24, 2.45) is 10.9 Å². The van der Waals surface area contributed by atoms with Gasteiger partial charge in [0.2, 0.25) is 0 Å². The maximum Gasteiger partial charge on any atom is 0.308 e. The minimum absolute atomic E-state index is 0. The van der Waals surface area contributed by atoms with Gasteiger partial charge in [0.05, 0.1) is 31.9 Å². The van der Waals surface area contributed by atoms with Crippen LogP contribution in [0.4, 0.5) is 0 Å². The van der Waals surface area contributed by atoms with E-state index in [2.05, 4.69) is 27.2 Å². The SMILES string of the molecule is CN=C(NCc1c(C)nn(CCOC)c1C)N1CCC(C(=O)OC)CC1.I. The fourth-order valence-corrected chi connectivity index (χ4v) is 3.38. The Labute approximate surface area is 178 Å². The number of rotatable bonds is 6. The number of carbonyl (C=O) groups excluding carboxylic acids is 1. The molecule has 8 nitrogen and oxygen atoms in total. The van der Waals surface area contributed by atoms with Gasteiger partial charge in [0.25, 0.3) is 0 Å². The third-order valence-corrected chi connectivity index (χ3v) is 5.00. The van der Waals surface area contributed by atoms with Gasteiger partial charge in [-0.15, -0.1) is 24.0 Å². The summed E-state index contributed by atoms with van der Waals surface area (Å²) in [5, 5.41) is 8.03. The summed E-state index contributed by atoms with van der Waals surface area (Å²) in [6, 6.07) is 0. The number of nitrogens with one attached hydrogen (secondary N) is 1. The topological polar surface area (TPSA) is 81.0 Å². The molecule has 27 heavy (non-hydrogen) atoms. The van der Waals surface area contributed by atoms with Crippen molar-refractivity contribution in [3.05, 3.63) is 17.0 Å². The van der Waals surface area contributed by atoms with Gasteiger partial charge in [0.1, 0.15) is 0 Å². The molecule has 0 unspecified atom stereocenters. The number of halogens is 1.